The van der Waals surface area contributed by atoms with Crippen LogP contribution in [0.1, 0.15) is 24.0 Å². The van der Waals surface area contributed by atoms with Crippen molar-refractivity contribution in [1.82, 2.24) is 4.98 Å². The Bertz CT molecular complexity index is 321. The van der Waals surface area contributed by atoms with E-state index in [0.29, 0.717) is 12.5 Å². The average molecular weight is 192 g/mol. The molecule has 2 rings (SSSR count). The highest BCUT2D eigenvalue weighted by Gasteiger charge is 2.21. The third-order valence-corrected chi connectivity index (χ3v) is 2.45. The summed E-state index contributed by atoms with van der Waals surface area (Å²) in [6, 6.07) is 2.73. The predicted octanol–water partition coefficient (Wildman–Crippen LogP) is 1.50. The van der Waals surface area contributed by atoms with Gasteiger partial charge in [-0.1, -0.05) is 6.07 Å². The highest BCUT2D eigenvalue weighted by molar-refractivity contribution is 5.46. The molecule has 0 aliphatic heterocycles. The molecule has 0 amide bonds. The molecular formula is C11H16N2O. The molecule has 1 aliphatic carbocycles. The fourth-order valence-electron chi connectivity index (χ4n) is 1.47. The van der Waals surface area contributed by atoms with Gasteiger partial charge in [-0.05, 0) is 37.3 Å². The topological polar surface area (TPSA) is 45.2 Å². The van der Waals surface area contributed by atoms with E-state index in [1.807, 2.05) is 6.20 Å². The van der Waals surface area contributed by atoms with Gasteiger partial charge in [0.25, 0.3) is 0 Å². The Hall–Kier alpha value is -1.09. The number of hydrogen-bond acceptors (Lipinski definition) is 3. The summed E-state index contributed by atoms with van der Waals surface area (Å²) < 4.78 is 0. The molecule has 0 unspecified atom stereocenters. The Labute approximate surface area is 84.2 Å². The standard InChI is InChI=1S/C11H16N2O/c1-8-6-9(4-5-14)7-12-11(8)13-10-2-3-10/h6-7,10,14H,2-5H2,1H3,(H,12,13). The first kappa shape index (κ1) is 9.46. The summed E-state index contributed by atoms with van der Waals surface area (Å²) in [7, 11) is 0. The smallest absolute Gasteiger partial charge is 0.129 e. The van der Waals surface area contributed by atoms with Gasteiger partial charge in [-0.15, -0.1) is 0 Å². The van der Waals surface area contributed by atoms with Gasteiger partial charge in [0, 0.05) is 18.8 Å². The summed E-state index contributed by atoms with van der Waals surface area (Å²) in [5.74, 6) is 0.995. The van der Waals surface area contributed by atoms with Gasteiger partial charge in [0.15, 0.2) is 0 Å². The average Bonchev–Trinajstić information content (AvgIpc) is 2.94. The maximum Gasteiger partial charge on any atom is 0.129 e. The van der Waals surface area contributed by atoms with E-state index in [1.54, 1.807) is 0 Å². The van der Waals surface area contributed by atoms with Gasteiger partial charge in [-0.3, -0.25) is 0 Å². The molecule has 76 valence electrons. The van der Waals surface area contributed by atoms with Gasteiger partial charge in [-0.25, -0.2) is 4.98 Å². The summed E-state index contributed by atoms with van der Waals surface area (Å²) in [5, 5.41) is 12.2. The van der Waals surface area contributed by atoms with Crippen molar-refractivity contribution in [2.75, 3.05) is 11.9 Å². The van der Waals surface area contributed by atoms with Crippen LogP contribution >= 0.6 is 0 Å². The minimum absolute atomic E-state index is 0.191. The highest BCUT2D eigenvalue weighted by atomic mass is 16.2. The van der Waals surface area contributed by atoms with Crippen LogP contribution in [0.15, 0.2) is 12.3 Å². The van der Waals surface area contributed by atoms with Gasteiger partial charge in [-0.2, -0.15) is 0 Å². The largest absolute Gasteiger partial charge is 0.396 e. The first-order valence-corrected chi connectivity index (χ1v) is 5.12. The van der Waals surface area contributed by atoms with Crippen LogP contribution < -0.4 is 5.32 Å². The lowest BCUT2D eigenvalue weighted by atomic mass is 10.1. The Balaban J connectivity index is 2.09. The zero-order valence-electron chi connectivity index (χ0n) is 8.45. The van der Waals surface area contributed by atoms with E-state index in [-0.39, 0.29) is 6.61 Å². The maximum absolute atomic E-state index is 8.79. The van der Waals surface area contributed by atoms with E-state index < -0.39 is 0 Å². The minimum atomic E-state index is 0.191. The van der Waals surface area contributed by atoms with Crippen molar-refractivity contribution in [2.45, 2.75) is 32.2 Å². The van der Waals surface area contributed by atoms with Crippen molar-refractivity contribution in [3.63, 3.8) is 0 Å². The van der Waals surface area contributed by atoms with Crippen LogP contribution in [0, 0.1) is 6.92 Å². The van der Waals surface area contributed by atoms with Crippen LogP contribution in [-0.2, 0) is 6.42 Å². The molecule has 14 heavy (non-hydrogen) atoms. The fraction of sp³-hybridized carbons (Fsp3) is 0.545. The number of aliphatic hydroxyl groups is 1. The normalized spacial score (nSPS) is 15.6. The first-order valence-electron chi connectivity index (χ1n) is 5.12. The van der Waals surface area contributed by atoms with Crippen molar-refractivity contribution in [2.24, 2.45) is 0 Å². The Kier molecular flexibility index (Phi) is 2.68. The lowest BCUT2D eigenvalue weighted by Crippen LogP contribution is -2.05. The number of aliphatic hydroxyl groups excluding tert-OH is 1. The third-order valence-electron chi connectivity index (χ3n) is 2.45. The summed E-state index contributed by atoms with van der Waals surface area (Å²) >= 11 is 0. The molecule has 0 spiro atoms. The van der Waals surface area contributed by atoms with Crippen LogP contribution in [0.3, 0.4) is 0 Å². The summed E-state index contributed by atoms with van der Waals surface area (Å²) in [5.41, 5.74) is 2.27. The van der Waals surface area contributed by atoms with E-state index in [2.05, 4.69) is 23.3 Å². The van der Waals surface area contributed by atoms with Gasteiger partial charge in [0.1, 0.15) is 5.82 Å². The van der Waals surface area contributed by atoms with E-state index in [9.17, 15) is 0 Å². The number of pyridine rings is 1. The van der Waals surface area contributed by atoms with E-state index in [4.69, 9.17) is 5.11 Å². The number of aryl methyl sites for hydroxylation is 1. The van der Waals surface area contributed by atoms with Crippen molar-refractivity contribution in [3.8, 4) is 0 Å². The van der Waals surface area contributed by atoms with Crippen molar-refractivity contribution >= 4 is 5.82 Å². The monoisotopic (exact) mass is 192 g/mol. The number of nitrogens with one attached hydrogen (secondary N) is 1. The molecule has 0 radical (unpaired) electrons. The second-order valence-electron chi connectivity index (χ2n) is 3.90. The summed E-state index contributed by atoms with van der Waals surface area (Å²) in [4.78, 5) is 4.35. The molecule has 0 bridgehead atoms. The molecule has 1 fully saturated rings. The molecule has 1 saturated carbocycles. The number of rotatable bonds is 4. The van der Waals surface area contributed by atoms with Crippen LogP contribution in [-0.4, -0.2) is 22.7 Å². The fourth-order valence-corrected chi connectivity index (χ4v) is 1.47. The SMILES string of the molecule is Cc1cc(CCO)cnc1NC1CC1. The number of anilines is 1. The van der Waals surface area contributed by atoms with Crippen molar-refractivity contribution in [1.29, 1.82) is 0 Å². The van der Waals surface area contributed by atoms with E-state index in [1.165, 1.54) is 18.4 Å². The number of nitrogens with zero attached hydrogens (tertiary/aromatic N) is 1. The molecule has 1 aromatic heterocycles. The number of hydrogen-bond donors (Lipinski definition) is 2. The van der Waals surface area contributed by atoms with Crippen molar-refractivity contribution < 1.29 is 5.11 Å². The number of aromatic nitrogens is 1. The molecule has 2 N–H and O–H groups in total. The molecule has 3 heteroatoms. The van der Waals surface area contributed by atoms with Crippen LogP contribution in [0.2, 0.25) is 0 Å². The molecular weight excluding hydrogens is 176 g/mol. The van der Waals surface area contributed by atoms with Gasteiger partial charge in [0.2, 0.25) is 0 Å². The summed E-state index contributed by atoms with van der Waals surface area (Å²) in [6.45, 7) is 2.25. The predicted molar refractivity (Wildman–Crippen MR) is 56.4 cm³/mol. The quantitative estimate of drug-likeness (QED) is 0.760. The zero-order valence-corrected chi connectivity index (χ0v) is 8.45. The van der Waals surface area contributed by atoms with Gasteiger partial charge < -0.3 is 10.4 Å². The molecule has 1 heterocycles. The molecule has 1 aromatic rings. The lowest BCUT2D eigenvalue weighted by molar-refractivity contribution is 0.299. The first-order chi connectivity index (χ1) is 6.79. The zero-order chi connectivity index (χ0) is 9.97. The Morgan fingerprint density at radius 1 is 1.57 bits per heavy atom. The molecule has 3 nitrogen and oxygen atoms in total. The lowest BCUT2D eigenvalue weighted by Gasteiger charge is -2.08. The van der Waals surface area contributed by atoms with Crippen LogP contribution in [0.25, 0.3) is 0 Å². The highest BCUT2D eigenvalue weighted by Crippen LogP contribution is 2.25. The van der Waals surface area contributed by atoms with E-state index in [0.717, 1.165) is 11.4 Å². The maximum atomic E-state index is 8.79. The third kappa shape index (κ3) is 2.23. The van der Waals surface area contributed by atoms with Crippen LogP contribution in [0.4, 0.5) is 5.82 Å². The second-order valence-corrected chi connectivity index (χ2v) is 3.90. The molecule has 0 atom stereocenters. The Morgan fingerprint density at radius 3 is 2.93 bits per heavy atom. The molecule has 1 aliphatic rings. The van der Waals surface area contributed by atoms with Gasteiger partial charge >= 0.3 is 0 Å². The summed E-state index contributed by atoms with van der Waals surface area (Å²) in [6.07, 6.45) is 5.06. The van der Waals surface area contributed by atoms with Gasteiger partial charge in [0.05, 0.1) is 0 Å². The molecule has 0 aromatic carbocycles. The van der Waals surface area contributed by atoms with Crippen LogP contribution in [0.5, 0.6) is 0 Å². The van der Waals surface area contributed by atoms with E-state index >= 15 is 0 Å². The second kappa shape index (κ2) is 3.96. The Morgan fingerprint density at radius 2 is 2.36 bits per heavy atom. The van der Waals surface area contributed by atoms with Crippen molar-refractivity contribution in [3.05, 3.63) is 23.4 Å². The minimum Gasteiger partial charge on any atom is -0.396 e. The molecule has 0 saturated heterocycles.